The molecule has 0 atom stereocenters. The highest BCUT2D eigenvalue weighted by Crippen LogP contribution is 2.39. The second-order valence-corrected chi connectivity index (χ2v) is 5.92. The maximum Gasteiger partial charge on any atom is 0.416 e. The first kappa shape index (κ1) is 15.9. The van der Waals surface area contributed by atoms with Crippen LogP contribution in [-0.2, 0) is 22.6 Å². The molecule has 1 fully saturated rings. The summed E-state index contributed by atoms with van der Waals surface area (Å²) >= 11 is 0. The lowest BCUT2D eigenvalue weighted by Crippen LogP contribution is -2.29. The van der Waals surface area contributed by atoms with Gasteiger partial charge in [-0.05, 0) is 18.2 Å². The predicted molar refractivity (Wildman–Crippen MR) is 60.7 cm³/mol. The third-order valence-electron chi connectivity index (χ3n) is 2.75. The molecule has 4 nitrogen and oxygen atoms in total. The fraction of sp³-hybridized carbons (Fsp3) is 0.400. The average molecular weight is 334 g/mol. The number of benzene rings is 1. The first-order chi connectivity index (χ1) is 9.41. The molecule has 1 heterocycles. The fourth-order valence-corrected chi connectivity index (χ4v) is 3.04. The van der Waals surface area contributed by atoms with E-state index in [2.05, 4.69) is 0 Å². The zero-order valence-corrected chi connectivity index (χ0v) is 10.9. The van der Waals surface area contributed by atoms with E-state index in [9.17, 15) is 34.8 Å². The quantitative estimate of drug-likeness (QED) is 0.802. The lowest BCUT2D eigenvalue weighted by Gasteiger charge is -2.20. The molecule has 1 N–H and O–H groups in total. The molecular weight excluding hydrogens is 326 g/mol. The molecule has 1 aromatic rings. The van der Waals surface area contributed by atoms with Crippen LogP contribution < -0.4 is 9.03 Å². The zero-order chi connectivity index (χ0) is 16.1. The van der Waals surface area contributed by atoms with Crippen molar-refractivity contribution in [3.05, 3.63) is 29.3 Å². The van der Waals surface area contributed by atoms with Crippen LogP contribution in [0.3, 0.4) is 0 Å². The second-order valence-electron chi connectivity index (χ2n) is 4.24. The van der Waals surface area contributed by atoms with Crippen LogP contribution in [0.15, 0.2) is 18.2 Å². The molecule has 11 heteroatoms. The molecule has 1 aliphatic heterocycles. The van der Waals surface area contributed by atoms with E-state index in [0.29, 0.717) is 16.4 Å². The Hall–Kier alpha value is -1.49. The number of nitrogens with zero attached hydrogens (tertiary/aromatic N) is 1. The van der Waals surface area contributed by atoms with Gasteiger partial charge in [0.15, 0.2) is 0 Å². The largest absolute Gasteiger partial charge is 0.416 e. The first-order valence-corrected chi connectivity index (χ1v) is 6.92. The number of hydrogen-bond acceptors (Lipinski definition) is 2. The number of halogens is 6. The lowest BCUT2D eigenvalue weighted by molar-refractivity contribution is -0.143. The number of hydrogen-bond donors (Lipinski definition) is 1. The van der Waals surface area contributed by atoms with Crippen molar-refractivity contribution < 1.29 is 34.8 Å². The van der Waals surface area contributed by atoms with Gasteiger partial charge in [0.1, 0.15) is 0 Å². The molecule has 0 unspecified atom stereocenters. The molecule has 0 amide bonds. The summed E-state index contributed by atoms with van der Waals surface area (Å²) in [7, 11) is -4.12. The van der Waals surface area contributed by atoms with Gasteiger partial charge in [-0.2, -0.15) is 39.5 Å². The zero-order valence-electron chi connectivity index (χ0n) is 10.1. The van der Waals surface area contributed by atoms with Gasteiger partial charge in [0.2, 0.25) is 0 Å². The van der Waals surface area contributed by atoms with Gasteiger partial charge in [0, 0.05) is 13.1 Å². The molecule has 0 radical (unpaired) electrons. The van der Waals surface area contributed by atoms with Crippen molar-refractivity contribution in [3.63, 3.8) is 0 Å². The van der Waals surface area contributed by atoms with E-state index in [1.54, 1.807) is 0 Å². The Bertz CT molecular complexity index is 620. The normalized spacial score (nSPS) is 19.0. The number of nitrogens with one attached hydrogen (secondary N) is 1. The molecule has 2 rings (SSSR count). The minimum atomic E-state index is -5.02. The minimum absolute atomic E-state index is 0.0559. The summed E-state index contributed by atoms with van der Waals surface area (Å²) < 4.78 is 102. The van der Waals surface area contributed by atoms with Gasteiger partial charge in [-0.3, -0.25) is 4.31 Å². The van der Waals surface area contributed by atoms with Crippen LogP contribution in [-0.4, -0.2) is 21.5 Å². The van der Waals surface area contributed by atoms with Crippen molar-refractivity contribution in [3.8, 4) is 0 Å². The number of anilines is 1. The summed E-state index contributed by atoms with van der Waals surface area (Å²) in [5.41, 5.74) is -3.80. The van der Waals surface area contributed by atoms with E-state index in [4.69, 9.17) is 0 Å². The molecular formula is C10H8F6N2O2S. The fourth-order valence-electron chi connectivity index (χ4n) is 1.82. The van der Waals surface area contributed by atoms with Crippen molar-refractivity contribution in [2.45, 2.75) is 12.4 Å². The van der Waals surface area contributed by atoms with Crippen molar-refractivity contribution in [1.29, 1.82) is 0 Å². The monoisotopic (exact) mass is 334 g/mol. The van der Waals surface area contributed by atoms with Gasteiger partial charge in [-0.1, -0.05) is 0 Å². The Morgan fingerprint density at radius 2 is 1.43 bits per heavy atom. The number of rotatable bonds is 1. The van der Waals surface area contributed by atoms with Crippen LogP contribution in [0.2, 0.25) is 0 Å². The molecule has 118 valence electrons. The SMILES string of the molecule is O=S1(=O)NCCN1c1cc(C(F)(F)F)cc(C(F)(F)F)c1. The van der Waals surface area contributed by atoms with E-state index in [0.717, 1.165) is 0 Å². The summed E-state index contributed by atoms with van der Waals surface area (Å²) in [6.45, 7) is -0.346. The topological polar surface area (TPSA) is 49.4 Å². The van der Waals surface area contributed by atoms with Crippen LogP contribution >= 0.6 is 0 Å². The van der Waals surface area contributed by atoms with E-state index in [1.807, 2.05) is 4.72 Å². The average Bonchev–Trinajstić information content (AvgIpc) is 2.66. The maximum absolute atomic E-state index is 12.7. The van der Waals surface area contributed by atoms with Crippen LogP contribution in [0.5, 0.6) is 0 Å². The molecule has 0 aliphatic carbocycles. The van der Waals surface area contributed by atoms with Gasteiger partial charge in [-0.25, -0.2) is 0 Å². The Balaban J connectivity index is 2.61. The standard InChI is InChI=1S/C10H8F6N2O2S/c11-9(12,13)6-3-7(10(14,15)16)5-8(4-6)18-2-1-17-21(18,19)20/h3-5,17H,1-2H2. The molecule has 1 aliphatic rings. The minimum Gasteiger partial charge on any atom is -0.256 e. The van der Waals surface area contributed by atoms with Crippen LogP contribution in [0.4, 0.5) is 32.0 Å². The van der Waals surface area contributed by atoms with Crippen molar-refractivity contribution >= 4 is 15.9 Å². The Morgan fingerprint density at radius 3 is 1.76 bits per heavy atom. The summed E-state index contributed by atoms with van der Waals surface area (Å²) in [4.78, 5) is 0. The Labute approximate surface area is 115 Å². The van der Waals surface area contributed by atoms with Gasteiger partial charge in [0.25, 0.3) is 0 Å². The predicted octanol–water partition coefficient (Wildman–Crippen LogP) is 2.38. The van der Waals surface area contributed by atoms with Crippen molar-refractivity contribution in [2.75, 3.05) is 17.4 Å². The summed E-state index contributed by atoms with van der Waals surface area (Å²) in [6.07, 6.45) is -10.0. The van der Waals surface area contributed by atoms with Crippen molar-refractivity contribution in [1.82, 2.24) is 4.72 Å². The molecule has 21 heavy (non-hydrogen) atoms. The first-order valence-electron chi connectivity index (χ1n) is 5.48. The van der Waals surface area contributed by atoms with E-state index in [-0.39, 0.29) is 19.2 Å². The number of alkyl halides is 6. The summed E-state index contributed by atoms with van der Waals surface area (Å²) in [5.74, 6) is 0. The molecule has 0 aromatic heterocycles. The molecule has 0 bridgehead atoms. The summed E-state index contributed by atoms with van der Waals surface area (Å²) in [6, 6.07) is 0.694. The smallest absolute Gasteiger partial charge is 0.256 e. The van der Waals surface area contributed by atoms with Crippen molar-refractivity contribution in [2.24, 2.45) is 0 Å². The highest BCUT2D eigenvalue weighted by atomic mass is 32.2. The van der Waals surface area contributed by atoms with Crippen LogP contribution in [0.1, 0.15) is 11.1 Å². The highest BCUT2D eigenvalue weighted by molar-refractivity contribution is 7.91. The van der Waals surface area contributed by atoms with Crippen LogP contribution in [0, 0.1) is 0 Å². The summed E-state index contributed by atoms with van der Waals surface area (Å²) in [5, 5.41) is 0. The van der Waals surface area contributed by atoms with Gasteiger partial charge >= 0.3 is 22.6 Å². The van der Waals surface area contributed by atoms with E-state index < -0.39 is 39.4 Å². The van der Waals surface area contributed by atoms with Gasteiger partial charge in [-0.15, -0.1) is 0 Å². The Morgan fingerprint density at radius 1 is 0.952 bits per heavy atom. The van der Waals surface area contributed by atoms with Crippen LogP contribution in [0.25, 0.3) is 0 Å². The highest BCUT2D eigenvalue weighted by Gasteiger charge is 2.39. The van der Waals surface area contributed by atoms with Gasteiger partial charge < -0.3 is 0 Å². The van der Waals surface area contributed by atoms with Gasteiger partial charge in [0.05, 0.1) is 16.8 Å². The third-order valence-corrected chi connectivity index (χ3v) is 4.29. The van der Waals surface area contributed by atoms with E-state index >= 15 is 0 Å². The second kappa shape index (κ2) is 4.77. The Kier molecular flexibility index (Phi) is 3.61. The maximum atomic E-state index is 12.7. The molecule has 1 saturated heterocycles. The molecule has 0 spiro atoms. The third kappa shape index (κ3) is 3.23. The molecule has 1 aromatic carbocycles. The van der Waals surface area contributed by atoms with E-state index in [1.165, 1.54) is 0 Å². The lowest BCUT2D eigenvalue weighted by atomic mass is 10.1. The molecule has 0 saturated carbocycles.